The van der Waals surface area contributed by atoms with Crippen LogP contribution < -0.4 is 5.73 Å². The van der Waals surface area contributed by atoms with Gasteiger partial charge < -0.3 is 5.73 Å². The van der Waals surface area contributed by atoms with Crippen molar-refractivity contribution >= 4 is 11.3 Å². The van der Waals surface area contributed by atoms with Crippen LogP contribution in [0.15, 0.2) is 11.6 Å². The largest absolute Gasteiger partial charge is 0.327 e. The number of aromatic nitrogens is 1. The van der Waals surface area contributed by atoms with E-state index in [0.29, 0.717) is 12.0 Å². The standard InChI is InChI=1S/C7H10N2S/c8-6-2-1-5(6)7-9-3-4-10-7/h3-6H,1-2,8H2/t5-,6-/m0/s1. The minimum absolute atomic E-state index is 0.381. The van der Waals surface area contributed by atoms with E-state index >= 15 is 0 Å². The Labute approximate surface area is 64.1 Å². The van der Waals surface area contributed by atoms with Crippen LogP contribution in [0.1, 0.15) is 23.8 Å². The third kappa shape index (κ3) is 0.859. The smallest absolute Gasteiger partial charge is 0.0971 e. The lowest BCUT2D eigenvalue weighted by Crippen LogP contribution is -2.37. The molecule has 54 valence electrons. The predicted molar refractivity (Wildman–Crippen MR) is 42.1 cm³/mol. The van der Waals surface area contributed by atoms with E-state index in [2.05, 4.69) is 4.98 Å². The van der Waals surface area contributed by atoms with Gasteiger partial charge in [0, 0.05) is 23.5 Å². The van der Waals surface area contributed by atoms with Crippen LogP contribution in [0.3, 0.4) is 0 Å². The second kappa shape index (κ2) is 2.32. The fourth-order valence-corrected chi connectivity index (χ4v) is 2.10. The molecule has 0 radical (unpaired) electrons. The van der Waals surface area contributed by atoms with Crippen LogP contribution >= 0.6 is 11.3 Å². The molecule has 10 heavy (non-hydrogen) atoms. The lowest BCUT2D eigenvalue weighted by atomic mass is 9.81. The van der Waals surface area contributed by atoms with Crippen LogP contribution in [0.5, 0.6) is 0 Å². The second-order valence-corrected chi connectivity index (χ2v) is 3.64. The summed E-state index contributed by atoms with van der Waals surface area (Å²) in [6.45, 7) is 0. The van der Waals surface area contributed by atoms with E-state index in [1.165, 1.54) is 17.8 Å². The molecule has 0 unspecified atom stereocenters. The summed E-state index contributed by atoms with van der Waals surface area (Å²) in [5.74, 6) is 0.569. The molecule has 0 bridgehead atoms. The minimum Gasteiger partial charge on any atom is -0.327 e. The first-order chi connectivity index (χ1) is 4.88. The average molecular weight is 154 g/mol. The molecule has 1 aromatic rings. The fraction of sp³-hybridized carbons (Fsp3) is 0.571. The van der Waals surface area contributed by atoms with E-state index in [0.717, 1.165) is 0 Å². The van der Waals surface area contributed by atoms with Crippen molar-refractivity contribution in [3.8, 4) is 0 Å². The molecule has 1 aromatic heterocycles. The van der Waals surface area contributed by atoms with Gasteiger partial charge in [-0.1, -0.05) is 0 Å². The van der Waals surface area contributed by atoms with Crippen molar-refractivity contribution in [1.29, 1.82) is 0 Å². The molecule has 1 heterocycles. The minimum atomic E-state index is 0.381. The summed E-state index contributed by atoms with van der Waals surface area (Å²) in [4.78, 5) is 4.23. The summed E-state index contributed by atoms with van der Waals surface area (Å²) >= 11 is 1.72. The van der Waals surface area contributed by atoms with Crippen LogP contribution in [-0.2, 0) is 0 Å². The van der Waals surface area contributed by atoms with Gasteiger partial charge in [0.05, 0.1) is 5.01 Å². The van der Waals surface area contributed by atoms with Gasteiger partial charge in [-0.2, -0.15) is 0 Å². The van der Waals surface area contributed by atoms with Gasteiger partial charge in [0.15, 0.2) is 0 Å². The van der Waals surface area contributed by atoms with Crippen molar-refractivity contribution in [3.05, 3.63) is 16.6 Å². The van der Waals surface area contributed by atoms with Gasteiger partial charge in [-0.3, -0.25) is 0 Å². The molecule has 0 saturated heterocycles. The first-order valence-electron chi connectivity index (χ1n) is 3.53. The molecule has 1 aliphatic rings. The maximum Gasteiger partial charge on any atom is 0.0971 e. The van der Waals surface area contributed by atoms with Crippen LogP contribution in [0.25, 0.3) is 0 Å². The summed E-state index contributed by atoms with van der Waals surface area (Å²) in [5.41, 5.74) is 5.78. The maximum atomic E-state index is 5.78. The molecule has 2 rings (SSSR count). The highest BCUT2D eigenvalue weighted by Crippen LogP contribution is 2.36. The third-order valence-electron chi connectivity index (χ3n) is 2.10. The number of hydrogen-bond donors (Lipinski definition) is 1. The molecule has 0 spiro atoms. The Morgan fingerprint density at radius 1 is 1.60 bits per heavy atom. The molecule has 1 saturated carbocycles. The molecule has 2 N–H and O–H groups in total. The van der Waals surface area contributed by atoms with Crippen molar-refractivity contribution in [2.45, 2.75) is 24.8 Å². The van der Waals surface area contributed by atoms with E-state index in [4.69, 9.17) is 5.73 Å². The van der Waals surface area contributed by atoms with E-state index in [1.807, 2.05) is 11.6 Å². The molecular weight excluding hydrogens is 144 g/mol. The van der Waals surface area contributed by atoms with Crippen molar-refractivity contribution in [2.75, 3.05) is 0 Å². The quantitative estimate of drug-likeness (QED) is 0.663. The number of nitrogens with zero attached hydrogens (tertiary/aromatic N) is 1. The zero-order chi connectivity index (χ0) is 6.97. The number of rotatable bonds is 1. The average Bonchev–Trinajstić information content (AvgIpc) is 2.37. The topological polar surface area (TPSA) is 38.9 Å². The predicted octanol–water partition coefficient (Wildman–Crippen LogP) is 1.35. The lowest BCUT2D eigenvalue weighted by Gasteiger charge is -2.31. The second-order valence-electron chi connectivity index (χ2n) is 2.72. The Bertz CT molecular complexity index is 207. The zero-order valence-electron chi connectivity index (χ0n) is 5.66. The summed E-state index contributed by atoms with van der Waals surface area (Å²) in [6.07, 6.45) is 4.25. The molecule has 2 atom stereocenters. The Morgan fingerprint density at radius 3 is 2.90 bits per heavy atom. The van der Waals surface area contributed by atoms with Crippen molar-refractivity contribution in [3.63, 3.8) is 0 Å². The lowest BCUT2D eigenvalue weighted by molar-refractivity contribution is 0.346. The number of thiazole rings is 1. The van der Waals surface area contributed by atoms with Gasteiger partial charge in [-0.15, -0.1) is 11.3 Å². The molecule has 0 aromatic carbocycles. The van der Waals surface area contributed by atoms with E-state index in [-0.39, 0.29) is 0 Å². The van der Waals surface area contributed by atoms with Crippen LogP contribution in [0.2, 0.25) is 0 Å². The molecule has 0 amide bonds. The Hall–Kier alpha value is -0.410. The Kier molecular flexibility index (Phi) is 1.47. The van der Waals surface area contributed by atoms with E-state index < -0.39 is 0 Å². The highest BCUT2D eigenvalue weighted by Gasteiger charge is 2.30. The highest BCUT2D eigenvalue weighted by atomic mass is 32.1. The molecule has 2 nitrogen and oxygen atoms in total. The van der Waals surface area contributed by atoms with Crippen molar-refractivity contribution in [2.24, 2.45) is 5.73 Å². The normalized spacial score (nSPS) is 31.7. The van der Waals surface area contributed by atoms with Gasteiger partial charge in [-0.05, 0) is 12.8 Å². The number of nitrogens with two attached hydrogens (primary N) is 1. The molecule has 0 aliphatic heterocycles. The first-order valence-corrected chi connectivity index (χ1v) is 4.41. The molecule has 1 fully saturated rings. The third-order valence-corrected chi connectivity index (χ3v) is 3.00. The van der Waals surface area contributed by atoms with Crippen molar-refractivity contribution < 1.29 is 0 Å². The highest BCUT2D eigenvalue weighted by molar-refractivity contribution is 7.09. The Morgan fingerprint density at radius 2 is 2.50 bits per heavy atom. The van der Waals surface area contributed by atoms with Crippen LogP contribution in [-0.4, -0.2) is 11.0 Å². The summed E-state index contributed by atoms with van der Waals surface area (Å²) in [7, 11) is 0. The monoisotopic (exact) mass is 154 g/mol. The van der Waals surface area contributed by atoms with Gasteiger partial charge in [0.1, 0.15) is 0 Å². The van der Waals surface area contributed by atoms with Crippen molar-refractivity contribution in [1.82, 2.24) is 4.98 Å². The van der Waals surface area contributed by atoms with Crippen LogP contribution in [0.4, 0.5) is 0 Å². The van der Waals surface area contributed by atoms with Gasteiger partial charge in [0.25, 0.3) is 0 Å². The van der Waals surface area contributed by atoms with E-state index in [1.54, 1.807) is 11.3 Å². The SMILES string of the molecule is N[C@H]1CC[C@@H]1c1nccs1. The molecular formula is C7H10N2S. The Balaban J connectivity index is 2.14. The van der Waals surface area contributed by atoms with Gasteiger partial charge in [0.2, 0.25) is 0 Å². The summed E-state index contributed by atoms with van der Waals surface area (Å²) in [5, 5.41) is 3.24. The zero-order valence-corrected chi connectivity index (χ0v) is 6.47. The van der Waals surface area contributed by atoms with E-state index in [9.17, 15) is 0 Å². The van der Waals surface area contributed by atoms with Gasteiger partial charge in [-0.25, -0.2) is 4.98 Å². The van der Waals surface area contributed by atoms with Crippen LogP contribution in [0, 0.1) is 0 Å². The first kappa shape index (κ1) is 6.31. The van der Waals surface area contributed by atoms with Gasteiger partial charge >= 0.3 is 0 Å². The molecule has 1 aliphatic carbocycles. The summed E-state index contributed by atoms with van der Waals surface area (Å²) < 4.78 is 0. The number of hydrogen-bond acceptors (Lipinski definition) is 3. The maximum absolute atomic E-state index is 5.78. The fourth-order valence-electron chi connectivity index (χ4n) is 1.25. The molecule has 3 heteroatoms. The summed E-state index contributed by atoms with van der Waals surface area (Å²) in [6, 6.07) is 0.381.